The van der Waals surface area contributed by atoms with Crippen LogP contribution in [0.15, 0.2) is 54.6 Å². The van der Waals surface area contributed by atoms with Crippen LogP contribution in [-0.2, 0) is 17.6 Å². The number of Topliss-reactive ketones (excluding diaryl/α,β-unsaturated/α-hetero) is 1. The van der Waals surface area contributed by atoms with Crippen molar-refractivity contribution < 1.29 is 9.18 Å². The van der Waals surface area contributed by atoms with Gasteiger partial charge in [-0.05, 0) is 43.0 Å². The maximum atomic E-state index is 13.2. The molecule has 2 aromatic carbocycles. The summed E-state index contributed by atoms with van der Waals surface area (Å²) in [6.45, 7) is 1.60. The molecule has 0 spiro atoms. The molecule has 0 saturated heterocycles. The van der Waals surface area contributed by atoms with E-state index < -0.39 is 0 Å². The van der Waals surface area contributed by atoms with E-state index in [0.29, 0.717) is 12.8 Å². The van der Waals surface area contributed by atoms with E-state index in [9.17, 15) is 9.18 Å². The third-order valence-corrected chi connectivity index (χ3v) is 3.27. The van der Waals surface area contributed by atoms with Gasteiger partial charge >= 0.3 is 0 Å². The van der Waals surface area contributed by atoms with Crippen LogP contribution in [0.2, 0.25) is 0 Å². The molecule has 1 atom stereocenters. The first-order valence-corrected chi connectivity index (χ1v) is 6.44. The quantitative estimate of drug-likeness (QED) is 0.795. The van der Waals surface area contributed by atoms with Crippen LogP contribution < -0.4 is 0 Å². The summed E-state index contributed by atoms with van der Waals surface area (Å²) in [4.78, 5) is 11.7. The van der Waals surface area contributed by atoms with Crippen molar-refractivity contribution in [2.75, 3.05) is 0 Å². The van der Waals surface area contributed by atoms with Crippen LogP contribution in [0.4, 0.5) is 4.39 Å². The molecule has 0 aliphatic rings. The Bertz CT molecular complexity index is 548. The van der Waals surface area contributed by atoms with Crippen molar-refractivity contribution in [3.05, 3.63) is 71.5 Å². The summed E-state index contributed by atoms with van der Waals surface area (Å²) < 4.78 is 13.2. The van der Waals surface area contributed by atoms with E-state index in [1.807, 2.05) is 36.4 Å². The van der Waals surface area contributed by atoms with E-state index in [1.54, 1.807) is 13.0 Å². The maximum Gasteiger partial charge on any atom is 0.133 e. The zero-order valence-corrected chi connectivity index (χ0v) is 11.0. The minimum atomic E-state index is -0.250. The second-order valence-corrected chi connectivity index (χ2v) is 4.83. The van der Waals surface area contributed by atoms with E-state index in [4.69, 9.17) is 0 Å². The van der Waals surface area contributed by atoms with Crippen LogP contribution >= 0.6 is 0 Å². The van der Waals surface area contributed by atoms with Gasteiger partial charge in [-0.15, -0.1) is 0 Å². The lowest BCUT2D eigenvalue weighted by Gasteiger charge is -2.14. The van der Waals surface area contributed by atoms with Crippen LogP contribution in [-0.4, -0.2) is 5.78 Å². The molecule has 1 unspecified atom stereocenters. The highest BCUT2D eigenvalue weighted by Crippen LogP contribution is 2.16. The lowest BCUT2D eigenvalue weighted by Crippen LogP contribution is -2.17. The molecule has 19 heavy (non-hydrogen) atoms. The first kappa shape index (κ1) is 13.5. The zero-order chi connectivity index (χ0) is 13.7. The average molecular weight is 256 g/mol. The van der Waals surface area contributed by atoms with Crippen molar-refractivity contribution in [3.63, 3.8) is 0 Å². The molecule has 0 N–H and O–H groups in total. The number of rotatable bonds is 5. The summed E-state index contributed by atoms with van der Waals surface area (Å²) in [6, 6.07) is 16.4. The van der Waals surface area contributed by atoms with E-state index in [2.05, 4.69) is 0 Å². The van der Waals surface area contributed by atoms with Gasteiger partial charge in [-0.3, -0.25) is 4.79 Å². The minimum Gasteiger partial charge on any atom is -0.300 e. The van der Waals surface area contributed by atoms with Gasteiger partial charge in [0.2, 0.25) is 0 Å². The van der Waals surface area contributed by atoms with Gasteiger partial charge in [-0.2, -0.15) is 0 Å². The lowest BCUT2D eigenvalue weighted by molar-refractivity contribution is -0.120. The van der Waals surface area contributed by atoms with Crippen LogP contribution in [0.3, 0.4) is 0 Å². The summed E-state index contributed by atoms with van der Waals surface area (Å²) in [5, 5.41) is 0. The summed E-state index contributed by atoms with van der Waals surface area (Å²) in [5.41, 5.74) is 2.01. The van der Waals surface area contributed by atoms with Crippen LogP contribution in [0.5, 0.6) is 0 Å². The highest BCUT2D eigenvalue weighted by Gasteiger charge is 2.15. The number of hydrogen-bond acceptors (Lipinski definition) is 1. The average Bonchev–Trinajstić information content (AvgIpc) is 2.39. The zero-order valence-electron chi connectivity index (χ0n) is 11.0. The number of carbonyl (C=O) groups is 1. The van der Waals surface area contributed by atoms with Crippen molar-refractivity contribution in [2.24, 2.45) is 5.92 Å². The Morgan fingerprint density at radius 2 is 1.63 bits per heavy atom. The Kier molecular flexibility index (Phi) is 4.45. The first-order valence-electron chi connectivity index (χ1n) is 6.44. The minimum absolute atomic E-state index is 0.0933. The van der Waals surface area contributed by atoms with E-state index >= 15 is 0 Å². The summed E-state index contributed by atoms with van der Waals surface area (Å²) in [7, 11) is 0. The molecule has 0 aromatic heterocycles. The molecular formula is C17H17FO. The molecule has 0 fully saturated rings. The fraction of sp³-hybridized carbons (Fsp3) is 0.235. The van der Waals surface area contributed by atoms with Gasteiger partial charge < -0.3 is 0 Å². The molecule has 0 heterocycles. The fourth-order valence-corrected chi connectivity index (χ4v) is 2.21. The maximum absolute atomic E-state index is 13.2. The molecule has 2 aromatic rings. The molecule has 1 nitrogen and oxygen atoms in total. The predicted molar refractivity (Wildman–Crippen MR) is 74.4 cm³/mol. The monoisotopic (exact) mass is 256 g/mol. The van der Waals surface area contributed by atoms with Crippen molar-refractivity contribution >= 4 is 5.78 Å². The van der Waals surface area contributed by atoms with Gasteiger partial charge in [0.05, 0.1) is 0 Å². The number of benzene rings is 2. The molecule has 0 aliphatic carbocycles. The van der Waals surface area contributed by atoms with Crippen LogP contribution in [0.1, 0.15) is 18.1 Å². The normalized spacial score (nSPS) is 12.1. The molecular weight excluding hydrogens is 239 g/mol. The largest absolute Gasteiger partial charge is 0.300 e. The second-order valence-electron chi connectivity index (χ2n) is 4.83. The standard InChI is InChI=1S/C17H17FO/c1-13(19)16(10-14-6-3-2-4-7-14)11-15-8-5-9-17(18)12-15/h2-9,12,16H,10-11H2,1H3. The topological polar surface area (TPSA) is 17.1 Å². The Morgan fingerprint density at radius 1 is 1.00 bits per heavy atom. The van der Waals surface area contributed by atoms with Gasteiger partial charge in [0.15, 0.2) is 0 Å². The van der Waals surface area contributed by atoms with E-state index in [1.165, 1.54) is 12.1 Å². The second kappa shape index (κ2) is 6.28. The number of hydrogen-bond donors (Lipinski definition) is 0. The molecule has 0 radical (unpaired) electrons. The molecule has 0 aliphatic heterocycles. The molecule has 0 bridgehead atoms. The Labute approximate surface area is 113 Å². The van der Waals surface area contributed by atoms with Crippen LogP contribution in [0, 0.1) is 11.7 Å². The molecule has 98 valence electrons. The van der Waals surface area contributed by atoms with Gasteiger partial charge in [-0.25, -0.2) is 4.39 Å². The highest BCUT2D eigenvalue weighted by molar-refractivity contribution is 5.78. The van der Waals surface area contributed by atoms with Crippen LogP contribution in [0.25, 0.3) is 0 Å². The van der Waals surface area contributed by atoms with E-state index in [0.717, 1.165) is 11.1 Å². The summed E-state index contributed by atoms with van der Waals surface area (Å²) >= 11 is 0. The SMILES string of the molecule is CC(=O)C(Cc1ccccc1)Cc1cccc(F)c1. The van der Waals surface area contributed by atoms with Crippen molar-refractivity contribution in [3.8, 4) is 0 Å². The Balaban J connectivity index is 2.11. The van der Waals surface area contributed by atoms with Gasteiger partial charge in [0, 0.05) is 5.92 Å². The molecule has 2 rings (SSSR count). The van der Waals surface area contributed by atoms with Crippen molar-refractivity contribution in [1.29, 1.82) is 0 Å². The summed E-state index contributed by atoms with van der Waals surface area (Å²) in [5.74, 6) is -0.197. The number of ketones is 1. The third kappa shape index (κ3) is 4.02. The van der Waals surface area contributed by atoms with Gasteiger partial charge in [0.25, 0.3) is 0 Å². The Hall–Kier alpha value is -1.96. The highest BCUT2D eigenvalue weighted by atomic mass is 19.1. The predicted octanol–water partition coefficient (Wildman–Crippen LogP) is 3.82. The molecule has 0 saturated carbocycles. The van der Waals surface area contributed by atoms with Gasteiger partial charge in [-0.1, -0.05) is 42.5 Å². The third-order valence-electron chi connectivity index (χ3n) is 3.27. The lowest BCUT2D eigenvalue weighted by atomic mass is 9.90. The summed E-state index contributed by atoms with van der Waals surface area (Å²) in [6.07, 6.45) is 1.29. The van der Waals surface area contributed by atoms with Crippen molar-refractivity contribution in [1.82, 2.24) is 0 Å². The Morgan fingerprint density at radius 3 is 2.26 bits per heavy atom. The first-order chi connectivity index (χ1) is 9.15. The molecule has 0 amide bonds. The van der Waals surface area contributed by atoms with Crippen molar-refractivity contribution in [2.45, 2.75) is 19.8 Å². The van der Waals surface area contributed by atoms with Gasteiger partial charge in [0.1, 0.15) is 11.6 Å². The fourth-order valence-electron chi connectivity index (χ4n) is 2.21. The molecule has 2 heteroatoms. The smallest absolute Gasteiger partial charge is 0.133 e. The van der Waals surface area contributed by atoms with E-state index in [-0.39, 0.29) is 17.5 Å². The number of halogens is 1. The number of carbonyl (C=O) groups excluding carboxylic acids is 1.